The van der Waals surface area contributed by atoms with Gasteiger partial charge in [0.15, 0.2) is 0 Å². The number of aliphatic carboxylic acids is 1. The molecule has 126 valence electrons. The third kappa shape index (κ3) is 4.05. The second-order valence-corrected chi connectivity index (χ2v) is 7.43. The highest BCUT2D eigenvalue weighted by Crippen LogP contribution is 2.27. The number of rotatable bonds is 5. The Morgan fingerprint density at radius 2 is 1.91 bits per heavy atom. The van der Waals surface area contributed by atoms with Gasteiger partial charge in [0, 0.05) is 17.7 Å². The zero-order chi connectivity index (χ0) is 17.2. The number of sulfonamides is 1. The predicted octanol–water partition coefficient (Wildman–Crippen LogP) is 1.82. The molecule has 1 aromatic carbocycles. The molecule has 2 N–H and O–H groups in total. The van der Waals surface area contributed by atoms with Gasteiger partial charge in [-0.1, -0.05) is 6.07 Å². The maximum absolute atomic E-state index is 12.4. The molecular formula is C14H18N2O6S. The van der Waals surface area contributed by atoms with Gasteiger partial charge in [0.2, 0.25) is 10.0 Å². The largest absolute Gasteiger partial charge is 0.481 e. The van der Waals surface area contributed by atoms with Gasteiger partial charge in [-0.2, -0.15) is 0 Å². The number of hydrogen-bond acceptors (Lipinski definition) is 5. The van der Waals surface area contributed by atoms with Crippen LogP contribution < -0.4 is 4.72 Å². The fourth-order valence-corrected chi connectivity index (χ4v) is 4.02. The minimum absolute atomic E-state index is 0.157. The Kier molecular flexibility index (Phi) is 5.00. The molecule has 2 rings (SSSR count). The number of hydrogen-bond donors (Lipinski definition) is 2. The van der Waals surface area contributed by atoms with Gasteiger partial charge in [-0.25, -0.2) is 13.1 Å². The zero-order valence-corrected chi connectivity index (χ0v) is 13.4. The Balaban J connectivity index is 2.12. The Morgan fingerprint density at radius 3 is 2.43 bits per heavy atom. The van der Waals surface area contributed by atoms with E-state index >= 15 is 0 Å². The van der Waals surface area contributed by atoms with Crippen LogP contribution >= 0.6 is 0 Å². The normalized spacial score (nSPS) is 21.8. The first-order valence-electron chi connectivity index (χ1n) is 7.21. The molecule has 1 aromatic rings. The second kappa shape index (κ2) is 6.63. The number of carbonyl (C=O) groups is 1. The Labute approximate surface area is 133 Å². The Morgan fingerprint density at radius 1 is 1.30 bits per heavy atom. The van der Waals surface area contributed by atoms with Gasteiger partial charge in [-0.05, 0) is 38.7 Å². The highest BCUT2D eigenvalue weighted by molar-refractivity contribution is 7.89. The number of nitrogens with one attached hydrogen (secondary N) is 1. The molecule has 0 heterocycles. The molecule has 9 heteroatoms. The van der Waals surface area contributed by atoms with E-state index in [9.17, 15) is 23.3 Å². The fourth-order valence-electron chi connectivity index (χ4n) is 2.70. The van der Waals surface area contributed by atoms with Crippen LogP contribution in [0.2, 0.25) is 0 Å². The number of carboxylic acids is 1. The van der Waals surface area contributed by atoms with E-state index in [1.165, 1.54) is 19.1 Å². The summed E-state index contributed by atoms with van der Waals surface area (Å²) >= 11 is 0. The van der Waals surface area contributed by atoms with Gasteiger partial charge in [-0.15, -0.1) is 0 Å². The summed E-state index contributed by atoms with van der Waals surface area (Å²) in [5.41, 5.74) is 0.137. The zero-order valence-electron chi connectivity index (χ0n) is 12.6. The smallest absolute Gasteiger partial charge is 0.306 e. The number of benzene rings is 1. The standard InChI is InChI=1S/C14H18N2O6S/c1-9-2-7-12(8-13(9)16(19)20)23(21,22)15-11-5-3-10(4-6-11)14(17)18/h2,7-8,10-11,15H,3-6H2,1H3,(H,17,18). The van der Waals surface area contributed by atoms with Crippen LogP contribution in [0.25, 0.3) is 0 Å². The number of carboxylic acid groups (broad SMARTS) is 1. The monoisotopic (exact) mass is 342 g/mol. The molecule has 0 atom stereocenters. The molecular weight excluding hydrogens is 324 g/mol. The molecule has 0 aliphatic heterocycles. The quantitative estimate of drug-likeness (QED) is 0.621. The third-order valence-corrected chi connectivity index (χ3v) is 5.60. The molecule has 0 bridgehead atoms. The SMILES string of the molecule is Cc1ccc(S(=O)(=O)NC2CCC(C(=O)O)CC2)cc1[N+](=O)[O-]. The van der Waals surface area contributed by atoms with E-state index in [-0.39, 0.29) is 16.6 Å². The minimum atomic E-state index is -3.87. The molecule has 0 amide bonds. The van der Waals surface area contributed by atoms with Crippen molar-refractivity contribution in [2.75, 3.05) is 0 Å². The van der Waals surface area contributed by atoms with E-state index in [2.05, 4.69) is 4.72 Å². The first-order chi connectivity index (χ1) is 10.7. The summed E-state index contributed by atoms with van der Waals surface area (Å²) in [7, 11) is -3.87. The average Bonchev–Trinajstić information content (AvgIpc) is 2.47. The van der Waals surface area contributed by atoms with Crippen molar-refractivity contribution < 1.29 is 23.2 Å². The first kappa shape index (κ1) is 17.4. The second-order valence-electron chi connectivity index (χ2n) is 5.71. The van der Waals surface area contributed by atoms with Crippen LogP contribution in [-0.4, -0.2) is 30.5 Å². The van der Waals surface area contributed by atoms with Crippen molar-refractivity contribution in [1.29, 1.82) is 0 Å². The first-order valence-corrected chi connectivity index (χ1v) is 8.69. The van der Waals surface area contributed by atoms with Gasteiger partial charge < -0.3 is 5.11 Å². The number of nitro benzene ring substituents is 1. The van der Waals surface area contributed by atoms with Gasteiger partial charge in [0.05, 0.1) is 15.7 Å². The van der Waals surface area contributed by atoms with Crippen molar-refractivity contribution in [2.24, 2.45) is 5.92 Å². The van der Waals surface area contributed by atoms with Crippen LogP contribution in [0.15, 0.2) is 23.1 Å². The van der Waals surface area contributed by atoms with Crippen LogP contribution in [0.3, 0.4) is 0 Å². The lowest BCUT2D eigenvalue weighted by molar-refractivity contribution is -0.385. The molecule has 1 saturated carbocycles. The van der Waals surface area contributed by atoms with Crippen LogP contribution in [0, 0.1) is 23.0 Å². The summed E-state index contributed by atoms with van der Waals surface area (Å²) in [6.45, 7) is 1.54. The molecule has 1 aliphatic carbocycles. The Hall–Kier alpha value is -2.00. The van der Waals surface area contributed by atoms with E-state index in [0.29, 0.717) is 31.2 Å². The van der Waals surface area contributed by atoms with E-state index in [0.717, 1.165) is 6.07 Å². The molecule has 8 nitrogen and oxygen atoms in total. The Bertz CT molecular complexity index is 723. The molecule has 0 aromatic heterocycles. The lowest BCUT2D eigenvalue weighted by Crippen LogP contribution is -2.38. The topological polar surface area (TPSA) is 127 Å². The number of nitrogens with zero attached hydrogens (tertiary/aromatic N) is 1. The van der Waals surface area contributed by atoms with E-state index < -0.39 is 26.8 Å². The molecule has 0 spiro atoms. The lowest BCUT2D eigenvalue weighted by Gasteiger charge is -2.26. The summed E-state index contributed by atoms with van der Waals surface area (Å²) in [6.07, 6.45) is 1.70. The molecule has 0 radical (unpaired) electrons. The van der Waals surface area contributed by atoms with E-state index in [4.69, 9.17) is 5.11 Å². The third-order valence-electron chi connectivity index (χ3n) is 4.09. The number of nitro groups is 1. The van der Waals surface area contributed by atoms with Crippen molar-refractivity contribution >= 4 is 21.7 Å². The average molecular weight is 342 g/mol. The fraction of sp³-hybridized carbons (Fsp3) is 0.500. The molecule has 1 fully saturated rings. The minimum Gasteiger partial charge on any atom is -0.481 e. The van der Waals surface area contributed by atoms with Gasteiger partial charge in [0.25, 0.3) is 5.69 Å². The summed E-state index contributed by atoms with van der Waals surface area (Å²) in [4.78, 5) is 21.0. The van der Waals surface area contributed by atoms with Crippen molar-refractivity contribution in [1.82, 2.24) is 4.72 Å². The highest BCUT2D eigenvalue weighted by atomic mass is 32.2. The number of aryl methyl sites for hydroxylation is 1. The van der Waals surface area contributed by atoms with Gasteiger partial charge in [0.1, 0.15) is 0 Å². The van der Waals surface area contributed by atoms with Crippen molar-refractivity contribution in [3.8, 4) is 0 Å². The summed E-state index contributed by atoms with van der Waals surface area (Å²) in [5.74, 6) is -1.29. The maximum atomic E-state index is 12.4. The van der Waals surface area contributed by atoms with Crippen LogP contribution in [-0.2, 0) is 14.8 Å². The highest BCUT2D eigenvalue weighted by Gasteiger charge is 2.29. The summed E-state index contributed by atoms with van der Waals surface area (Å²) in [5, 5.41) is 19.9. The van der Waals surface area contributed by atoms with Crippen LogP contribution in [0.5, 0.6) is 0 Å². The molecule has 0 unspecified atom stereocenters. The molecule has 23 heavy (non-hydrogen) atoms. The van der Waals surface area contributed by atoms with E-state index in [1.54, 1.807) is 0 Å². The van der Waals surface area contributed by atoms with Gasteiger partial charge in [-0.3, -0.25) is 14.9 Å². The molecule has 1 aliphatic rings. The summed E-state index contributed by atoms with van der Waals surface area (Å²) < 4.78 is 27.2. The molecule has 0 saturated heterocycles. The summed E-state index contributed by atoms with van der Waals surface area (Å²) in [6, 6.07) is 3.42. The van der Waals surface area contributed by atoms with Crippen molar-refractivity contribution in [3.05, 3.63) is 33.9 Å². The van der Waals surface area contributed by atoms with Gasteiger partial charge >= 0.3 is 5.97 Å². The van der Waals surface area contributed by atoms with Crippen molar-refractivity contribution in [3.63, 3.8) is 0 Å². The van der Waals surface area contributed by atoms with Crippen LogP contribution in [0.4, 0.5) is 5.69 Å². The lowest BCUT2D eigenvalue weighted by atomic mass is 9.87. The van der Waals surface area contributed by atoms with Crippen LogP contribution in [0.1, 0.15) is 31.2 Å². The van der Waals surface area contributed by atoms with E-state index in [1.807, 2.05) is 0 Å². The van der Waals surface area contributed by atoms with Crippen molar-refractivity contribution in [2.45, 2.75) is 43.5 Å². The maximum Gasteiger partial charge on any atom is 0.306 e. The predicted molar refractivity (Wildman–Crippen MR) is 81.5 cm³/mol.